The lowest BCUT2D eigenvalue weighted by atomic mass is 10.1. The lowest BCUT2D eigenvalue weighted by Gasteiger charge is -2.29. The van der Waals surface area contributed by atoms with Gasteiger partial charge in [-0.05, 0) is 50.6 Å². The highest BCUT2D eigenvalue weighted by Crippen LogP contribution is 2.29. The van der Waals surface area contributed by atoms with Crippen LogP contribution in [0, 0.1) is 20.8 Å². The molecule has 0 bridgehead atoms. The van der Waals surface area contributed by atoms with Gasteiger partial charge in [0.2, 0.25) is 11.8 Å². The van der Waals surface area contributed by atoms with Crippen molar-refractivity contribution < 1.29 is 9.59 Å². The van der Waals surface area contributed by atoms with Crippen molar-refractivity contribution in [3.63, 3.8) is 0 Å². The molecule has 2 aromatic carbocycles. The molecule has 1 aromatic heterocycles. The number of piperazine rings is 1. The minimum atomic E-state index is -0.258. The van der Waals surface area contributed by atoms with E-state index >= 15 is 0 Å². The van der Waals surface area contributed by atoms with Crippen molar-refractivity contribution in [2.45, 2.75) is 27.3 Å². The molecule has 0 saturated carbocycles. The van der Waals surface area contributed by atoms with Gasteiger partial charge in [-0.3, -0.25) is 14.3 Å². The number of hydrogen-bond acceptors (Lipinski definition) is 4. The van der Waals surface area contributed by atoms with Crippen LogP contribution in [0.2, 0.25) is 5.02 Å². The van der Waals surface area contributed by atoms with E-state index in [9.17, 15) is 9.59 Å². The van der Waals surface area contributed by atoms with Crippen LogP contribution in [-0.2, 0) is 16.1 Å². The zero-order chi connectivity index (χ0) is 24.2. The predicted octanol–water partition coefficient (Wildman–Crippen LogP) is 4.10. The van der Waals surface area contributed by atoms with E-state index in [1.807, 2.05) is 29.5 Å². The highest BCUT2D eigenvalue weighted by atomic mass is 35.5. The second-order valence-corrected chi connectivity index (χ2v) is 8.90. The summed E-state index contributed by atoms with van der Waals surface area (Å²) in [7, 11) is 0. The van der Waals surface area contributed by atoms with Gasteiger partial charge in [-0.25, -0.2) is 0 Å². The number of carbonyl (C=O) groups excluding carboxylic acids is 2. The van der Waals surface area contributed by atoms with Crippen LogP contribution >= 0.6 is 11.6 Å². The summed E-state index contributed by atoms with van der Waals surface area (Å²) in [5.74, 6) is -0.288. The Labute approximate surface area is 204 Å². The summed E-state index contributed by atoms with van der Waals surface area (Å²) >= 11 is 6.43. The third-order valence-electron chi connectivity index (χ3n) is 5.89. The molecule has 3 aromatic rings. The van der Waals surface area contributed by atoms with Gasteiger partial charge in [-0.15, -0.1) is 0 Å². The first-order valence-corrected chi connectivity index (χ1v) is 11.6. The monoisotopic (exact) mass is 477 g/mol. The lowest BCUT2D eigenvalue weighted by molar-refractivity contribution is -0.120. The van der Waals surface area contributed by atoms with E-state index in [2.05, 4.69) is 46.9 Å². The van der Waals surface area contributed by atoms with Crippen LogP contribution in [0.3, 0.4) is 0 Å². The maximum atomic E-state index is 12.5. The van der Waals surface area contributed by atoms with Crippen molar-refractivity contribution in [3.05, 3.63) is 81.6 Å². The fraction of sp³-hybridized carbons (Fsp3) is 0.269. The fourth-order valence-electron chi connectivity index (χ4n) is 4.00. The number of hydrogen-bond donors (Lipinski definition) is 2. The molecule has 1 aliphatic heterocycles. The zero-order valence-corrected chi connectivity index (χ0v) is 20.3. The maximum Gasteiger partial charge on any atom is 0.248 e. The predicted molar refractivity (Wildman–Crippen MR) is 136 cm³/mol. The summed E-state index contributed by atoms with van der Waals surface area (Å²) in [4.78, 5) is 26.1. The Morgan fingerprint density at radius 2 is 1.94 bits per heavy atom. The van der Waals surface area contributed by atoms with Gasteiger partial charge in [0.05, 0.1) is 29.5 Å². The van der Waals surface area contributed by atoms with Gasteiger partial charge in [0.25, 0.3) is 0 Å². The molecule has 0 radical (unpaired) electrons. The van der Waals surface area contributed by atoms with Gasteiger partial charge in [0.15, 0.2) is 0 Å². The van der Waals surface area contributed by atoms with Crippen LogP contribution in [0.1, 0.15) is 28.1 Å². The van der Waals surface area contributed by atoms with Gasteiger partial charge in [0.1, 0.15) is 0 Å². The number of nitrogens with zero attached hydrogens (tertiary/aromatic N) is 3. The van der Waals surface area contributed by atoms with Crippen molar-refractivity contribution >= 4 is 40.9 Å². The van der Waals surface area contributed by atoms with Crippen LogP contribution < -0.4 is 15.5 Å². The van der Waals surface area contributed by atoms with Gasteiger partial charge in [-0.1, -0.05) is 41.4 Å². The van der Waals surface area contributed by atoms with Crippen molar-refractivity contribution in [2.75, 3.05) is 29.9 Å². The molecule has 1 saturated heterocycles. The number of aromatic nitrogens is 2. The molecule has 1 aliphatic rings. The number of rotatable bonds is 6. The molecule has 2 N–H and O–H groups in total. The molecule has 4 rings (SSSR count). The highest BCUT2D eigenvalue weighted by molar-refractivity contribution is 6.33. The van der Waals surface area contributed by atoms with E-state index in [0.29, 0.717) is 30.3 Å². The van der Waals surface area contributed by atoms with Crippen LogP contribution in [0.5, 0.6) is 0 Å². The number of anilines is 2. The SMILES string of the molecule is Cc1ccc(Cn2nc(C)c(/C=C/C(=O)Nc3ccc(N4CCNC(=O)C4)c(Cl)c3)c2C)cc1. The Kier molecular flexibility index (Phi) is 7.03. The molecule has 0 unspecified atom stereocenters. The number of amides is 2. The molecule has 8 heteroatoms. The van der Waals surface area contributed by atoms with Crippen LogP contribution in [0.15, 0.2) is 48.5 Å². The van der Waals surface area contributed by atoms with Crippen molar-refractivity contribution in [3.8, 4) is 0 Å². The maximum absolute atomic E-state index is 12.5. The van der Waals surface area contributed by atoms with E-state index in [1.165, 1.54) is 17.2 Å². The third-order valence-corrected chi connectivity index (χ3v) is 6.19. The molecule has 2 amide bonds. The first-order valence-electron chi connectivity index (χ1n) is 11.2. The first-order chi connectivity index (χ1) is 16.3. The average Bonchev–Trinajstić information content (AvgIpc) is 3.06. The van der Waals surface area contributed by atoms with E-state index in [4.69, 9.17) is 11.6 Å². The Bertz CT molecular complexity index is 1250. The molecule has 0 spiro atoms. The average molecular weight is 478 g/mol. The van der Waals surface area contributed by atoms with Gasteiger partial charge >= 0.3 is 0 Å². The molecular formula is C26H28ClN5O2. The fourth-order valence-corrected chi connectivity index (χ4v) is 4.30. The minimum absolute atomic E-state index is 0.0300. The Morgan fingerprint density at radius 3 is 2.65 bits per heavy atom. The summed E-state index contributed by atoms with van der Waals surface area (Å²) in [6.07, 6.45) is 3.30. The molecule has 1 fully saturated rings. The number of benzene rings is 2. The van der Waals surface area contributed by atoms with Crippen molar-refractivity contribution in [1.82, 2.24) is 15.1 Å². The van der Waals surface area contributed by atoms with Gasteiger partial charge in [-0.2, -0.15) is 5.10 Å². The number of nitrogens with one attached hydrogen (secondary N) is 2. The summed E-state index contributed by atoms with van der Waals surface area (Å²) < 4.78 is 1.96. The van der Waals surface area contributed by atoms with Crippen molar-refractivity contribution in [1.29, 1.82) is 0 Å². The Hall–Kier alpha value is -3.58. The van der Waals surface area contributed by atoms with Gasteiger partial charge < -0.3 is 15.5 Å². The standard InChI is InChI=1S/C26H28ClN5O2/c1-17-4-6-20(7-5-17)15-32-19(3)22(18(2)30-32)9-11-25(33)29-21-8-10-24(23(27)14-21)31-13-12-28-26(34)16-31/h4-11,14H,12-13,15-16H2,1-3H3,(H,28,34)(H,29,33)/b11-9+. The summed E-state index contributed by atoms with van der Waals surface area (Å²) in [6, 6.07) is 13.7. The second kappa shape index (κ2) is 10.1. The largest absolute Gasteiger partial charge is 0.359 e. The molecule has 7 nitrogen and oxygen atoms in total. The van der Waals surface area contributed by atoms with E-state index in [1.54, 1.807) is 18.2 Å². The van der Waals surface area contributed by atoms with Gasteiger partial charge in [0, 0.05) is 36.1 Å². The van der Waals surface area contributed by atoms with E-state index in [-0.39, 0.29) is 18.4 Å². The Morgan fingerprint density at radius 1 is 1.18 bits per heavy atom. The van der Waals surface area contributed by atoms with Crippen molar-refractivity contribution in [2.24, 2.45) is 0 Å². The molecular weight excluding hydrogens is 450 g/mol. The van der Waals surface area contributed by atoms with Crippen LogP contribution in [0.25, 0.3) is 6.08 Å². The van der Waals surface area contributed by atoms with Crippen LogP contribution in [-0.4, -0.2) is 41.2 Å². The smallest absolute Gasteiger partial charge is 0.248 e. The summed E-state index contributed by atoms with van der Waals surface area (Å²) in [5.41, 5.74) is 6.56. The summed E-state index contributed by atoms with van der Waals surface area (Å²) in [5, 5.41) is 10.8. The topological polar surface area (TPSA) is 79.3 Å². The number of aryl methyl sites for hydroxylation is 2. The highest BCUT2D eigenvalue weighted by Gasteiger charge is 2.19. The minimum Gasteiger partial charge on any atom is -0.359 e. The second-order valence-electron chi connectivity index (χ2n) is 8.49. The zero-order valence-electron chi connectivity index (χ0n) is 19.6. The van der Waals surface area contributed by atoms with E-state index in [0.717, 1.165) is 22.6 Å². The third kappa shape index (κ3) is 5.48. The number of carbonyl (C=O) groups is 2. The quantitative estimate of drug-likeness (QED) is 0.524. The number of halogens is 1. The van der Waals surface area contributed by atoms with Crippen LogP contribution in [0.4, 0.5) is 11.4 Å². The Balaban J connectivity index is 1.42. The molecule has 0 aliphatic carbocycles. The molecule has 176 valence electrons. The summed E-state index contributed by atoms with van der Waals surface area (Å²) in [6.45, 7) is 8.23. The normalized spacial score (nSPS) is 13.9. The van der Waals surface area contributed by atoms with E-state index < -0.39 is 0 Å². The molecule has 0 atom stereocenters. The lowest BCUT2D eigenvalue weighted by Crippen LogP contribution is -2.47. The molecule has 2 heterocycles. The first kappa shape index (κ1) is 23.6. The molecule has 34 heavy (non-hydrogen) atoms.